The Bertz CT molecular complexity index is 570. The number of ether oxygens (including phenoxy) is 1. The summed E-state index contributed by atoms with van der Waals surface area (Å²) in [5.74, 6) is 0.277. The maximum Gasteiger partial charge on any atom is 0.130 e. The highest BCUT2D eigenvalue weighted by Gasteiger charge is 2.20. The summed E-state index contributed by atoms with van der Waals surface area (Å²) >= 11 is 0. The molecule has 4 heteroatoms. The van der Waals surface area contributed by atoms with Gasteiger partial charge in [0.15, 0.2) is 0 Å². The third-order valence-corrected chi connectivity index (χ3v) is 3.22. The zero-order valence-corrected chi connectivity index (χ0v) is 11.2. The number of halogens is 1. The zero-order valence-electron chi connectivity index (χ0n) is 11.2. The van der Waals surface area contributed by atoms with E-state index in [4.69, 9.17) is 4.74 Å². The van der Waals surface area contributed by atoms with E-state index < -0.39 is 0 Å². The van der Waals surface area contributed by atoms with Crippen LogP contribution in [-0.2, 0) is 13.2 Å². The van der Waals surface area contributed by atoms with Crippen LogP contribution in [0.25, 0.3) is 0 Å². The lowest BCUT2D eigenvalue weighted by Gasteiger charge is -2.09. The molecule has 0 unspecified atom stereocenters. The van der Waals surface area contributed by atoms with Crippen molar-refractivity contribution in [3.05, 3.63) is 59.7 Å². The summed E-state index contributed by atoms with van der Waals surface area (Å²) in [7, 11) is 0. The van der Waals surface area contributed by atoms with Crippen LogP contribution in [-0.4, -0.2) is 11.0 Å². The van der Waals surface area contributed by atoms with E-state index in [1.807, 2.05) is 24.3 Å². The van der Waals surface area contributed by atoms with Crippen molar-refractivity contribution >= 4 is 0 Å². The smallest absolute Gasteiger partial charge is 0.130 e. The van der Waals surface area contributed by atoms with E-state index in [9.17, 15) is 4.39 Å². The van der Waals surface area contributed by atoms with Crippen LogP contribution in [0.5, 0.6) is 5.75 Å². The van der Waals surface area contributed by atoms with E-state index in [1.165, 1.54) is 18.9 Å². The molecule has 20 heavy (non-hydrogen) atoms. The summed E-state index contributed by atoms with van der Waals surface area (Å²) in [5.41, 5.74) is 1.74. The molecule has 0 radical (unpaired) electrons. The summed E-state index contributed by atoms with van der Waals surface area (Å²) < 4.78 is 19.2. The lowest BCUT2D eigenvalue weighted by atomic mass is 10.2. The Morgan fingerprint density at radius 3 is 2.90 bits per heavy atom. The van der Waals surface area contributed by atoms with E-state index in [1.54, 1.807) is 12.3 Å². The minimum atomic E-state index is -0.267. The van der Waals surface area contributed by atoms with Gasteiger partial charge in [0.1, 0.15) is 18.2 Å². The lowest BCUT2D eigenvalue weighted by Crippen LogP contribution is -2.15. The topological polar surface area (TPSA) is 34.1 Å². The van der Waals surface area contributed by atoms with Gasteiger partial charge in [-0.05, 0) is 42.7 Å². The van der Waals surface area contributed by atoms with Crippen molar-refractivity contribution in [2.75, 3.05) is 0 Å². The van der Waals surface area contributed by atoms with Gasteiger partial charge < -0.3 is 10.1 Å². The molecule has 1 aliphatic carbocycles. The molecule has 1 N–H and O–H groups in total. The van der Waals surface area contributed by atoms with Crippen molar-refractivity contribution in [3.63, 3.8) is 0 Å². The Labute approximate surface area is 117 Å². The Balaban J connectivity index is 1.62. The predicted octanol–water partition coefficient (Wildman–Crippen LogP) is 3.05. The average Bonchev–Trinajstić information content (AvgIpc) is 3.28. The van der Waals surface area contributed by atoms with Gasteiger partial charge in [-0.1, -0.05) is 6.07 Å². The van der Waals surface area contributed by atoms with Crippen LogP contribution in [0.3, 0.4) is 0 Å². The van der Waals surface area contributed by atoms with Crippen molar-refractivity contribution in [1.82, 2.24) is 10.3 Å². The second-order valence-electron chi connectivity index (χ2n) is 5.06. The number of benzene rings is 1. The Morgan fingerprint density at radius 2 is 2.15 bits per heavy atom. The first-order valence-electron chi connectivity index (χ1n) is 6.85. The maximum absolute atomic E-state index is 13.6. The van der Waals surface area contributed by atoms with Gasteiger partial charge in [-0.25, -0.2) is 4.39 Å². The van der Waals surface area contributed by atoms with Crippen molar-refractivity contribution in [1.29, 1.82) is 0 Å². The molecule has 0 amide bonds. The Morgan fingerprint density at radius 1 is 1.25 bits per heavy atom. The standard InChI is InChI=1S/C16H17FN2O/c17-13-7-12(10-19-14-4-5-14)8-16(9-13)20-11-15-3-1-2-6-18-15/h1-3,6-9,14,19H,4-5,10-11H2. The molecule has 1 aromatic heterocycles. The van der Waals surface area contributed by atoms with Gasteiger partial charge >= 0.3 is 0 Å². The molecule has 3 nitrogen and oxygen atoms in total. The Kier molecular flexibility index (Phi) is 3.92. The van der Waals surface area contributed by atoms with Gasteiger partial charge in [0, 0.05) is 24.8 Å². The van der Waals surface area contributed by atoms with Crippen LogP contribution in [0.2, 0.25) is 0 Å². The van der Waals surface area contributed by atoms with E-state index in [-0.39, 0.29) is 5.82 Å². The molecule has 0 saturated heterocycles. The normalized spacial score (nSPS) is 14.2. The molecular weight excluding hydrogens is 255 g/mol. The van der Waals surface area contributed by atoms with Crippen molar-refractivity contribution in [2.24, 2.45) is 0 Å². The average molecular weight is 272 g/mol. The first-order valence-corrected chi connectivity index (χ1v) is 6.85. The summed E-state index contributed by atoms with van der Waals surface area (Å²) in [6.45, 7) is 1.03. The van der Waals surface area contributed by atoms with Gasteiger partial charge in [0.05, 0.1) is 5.69 Å². The molecule has 2 aromatic rings. The largest absolute Gasteiger partial charge is 0.487 e. The highest BCUT2D eigenvalue weighted by Crippen LogP contribution is 2.21. The quantitative estimate of drug-likeness (QED) is 0.877. The molecule has 1 aromatic carbocycles. The van der Waals surface area contributed by atoms with Crippen LogP contribution in [0.1, 0.15) is 24.1 Å². The number of aromatic nitrogens is 1. The van der Waals surface area contributed by atoms with E-state index in [0.717, 1.165) is 11.3 Å². The molecule has 3 rings (SSSR count). The molecule has 1 heterocycles. The Hall–Kier alpha value is -1.94. The number of pyridine rings is 1. The predicted molar refractivity (Wildman–Crippen MR) is 74.8 cm³/mol. The number of nitrogens with zero attached hydrogens (tertiary/aromatic N) is 1. The zero-order chi connectivity index (χ0) is 13.8. The third-order valence-electron chi connectivity index (χ3n) is 3.22. The minimum Gasteiger partial charge on any atom is -0.487 e. The fourth-order valence-corrected chi connectivity index (χ4v) is 2.00. The van der Waals surface area contributed by atoms with Crippen LogP contribution < -0.4 is 10.1 Å². The molecule has 1 aliphatic rings. The van der Waals surface area contributed by atoms with Gasteiger partial charge in [-0.2, -0.15) is 0 Å². The third kappa shape index (κ3) is 3.78. The number of nitrogens with one attached hydrogen (secondary N) is 1. The van der Waals surface area contributed by atoms with Crippen molar-refractivity contribution in [3.8, 4) is 5.75 Å². The fourth-order valence-electron chi connectivity index (χ4n) is 2.00. The van der Waals surface area contributed by atoms with E-state index in [0.29, 0.717) is 24.9 Å². The van der Waals surface area contributed by atoms with Gasteiger partial charge in [0.25, 0.3) is 0 Å². The van der Waals surface area contributed by atoms with E-state index >= 15 is 0 Å². The molecule has 0 bridgehead atoms. The highest BCUT2D eigenvalue weighted by atomic mass is 19.1. The van der Waals surface area contributed by atoms with Crippen LogP contribution in [0.4, 0.5) is 4.39 Å². The molecule has 1 saturated carbocycles. The van der Waals surface area contributed by atoms with Crippen LogP contribution >= 0.6 is 0 Å². The molecule has 0 atom stereocenters. The first-order chi connectivity index (χ1) is 9.79. The van der Waals surface area contributed by atoms with E-state index in [2.05, 4.69) is 10.3 Å². The summed E-state index contributed by atoms with van der Waals surface area (Å²) in [5, 5.41) is 3.37. The molecule has 0 spiro atoms. The van der Waals surface area contributed by atoms with Crippen molar-refractivity contribution in [2.45, 2.75) is 32.0 Å². The van der Waals surface area contributed by atoms with Gasteiger partial charge in [-0.3, -0.25) is 4.98 Å². The van der Waals surface area contributed by atoms with Gasteiger partial charge in [-0.15, -0.1) is 0 Å². The monoisotopic (exact) mass is 272 g/mol. The molecular formula is C16H17FN2O. The highest BCUT2D eigenvalue weighted by molar-refractivity contribution is 5.30. The molecule has 0 aliphatic heterocycles. The van der Waals surface area contributed by atoms with Crippen LogP contribution in [0, 0.1) is 5.82 Å². The summed E-state index contributed by atoms with van der Waals surface area (Å²) in [4.78, 5) is 4.18. The summed E-state index contributed by atoms with van der Waals surface area (Å²) in [6.07, 6.45) is 4.16. The number of rotatable bonds is 6. The SMILES string of the molecule is Fc1cc(CNC2CC2)cc(OCc2ccccn2)c1. The number of hydrogen-bond acceptors (Lipinski definition) is 3. The fraction of sp³-hybridized carbons (Fsp3) is 0.312. The second kappa shape index (κ2) is 6.01. The lowest BCUT2D eigenvalue weighted by molar-refractivity contribution is 0.299. The summed E-state index contributed by atoms with van der Waals surface area (Å²) in [6, 6.07) is 11.1. The van der Waals surface area contributed by atoms with Gasteiger partial charge in [0.2, 0.25) is 0 Å². The van der Waals surface area contributed by atoms with Crippen molar-refractivity contribution < 1.29 is 9.13 Å². The number of hydrogen-bond donors (Lipinski definition) is 1. The molecule has 104 valence electrons. The second-order valence-corrected chi connectivity index (χ2v) is 5.06. The molecule has 1 fully saturated rings. The minimum absolute atomic E-state index is 0.267. The maximum atomic E-state index is 13.6. The first kappa shape index (κ1) is 13.1. The van der Waals surface area contributed by atoms with Crippen LogP contribution in [0.15, 0.2) is 42.6 Å².